The molecule has 0 bridgehead atoms. The number of phosphoric acid groups is 2. The molecular weight excluding hydrogens is 1140 g/mol. The van der Waals surface area contributed by atoms with Gasteiger partial charge < -0.3 is 33.8 Å². The molecule has 0 fully saturated rings. The molecule has 3 N–H and O–H groups in total. The van der Waals surface area contributed by atoms with Gasteiger partial charge in [-0.15, -0.1) is 0 Å². The van der Waals surface area contributed by atoms with Crippen molar-refractivity contribution >= 4 is 39.5 Å². The van der Waals surface area contributed by atoms with Gasteiger partial charge in [0.15, 0.2) is 12.2 Å². The number of hydrogen-bond acceptors (Lipinski definition) is 15. The highest BCUT2D eigenvalue weighted by atomic mass is 31.2. The van der Waals surface area contributed by atoms with Crippen molar-refractivity contribution in [2.45, 2.75) is 343 Å². The number of ether oxygens (including phenoxy) is 4. The zero-order valence-corrected chi connectivity index (χ0v) is 57.7. The predicted octanol–water partition coefficient (Wildman–Crippen LogP) is 18.5. The Morgan fingerprint density at radius 1 is 0.326 bits per heavy atom. The third kappa shape index (κ3) is 59.7. The van der Waals surface area contributed by atoms with Gasteiger partial charge in [0, 0.05) is 25.7 Å². The molecule has 0 saturated carbocycles. The molecule has 0 aromatic heterocycles. The highest BCUT2D eigenvalue weighted by molar-refractivity contribution is 7.47. The topological polar surface area (TPSA) is 237 Å². The molecule has 0 radical (unpaired) electrons. The van der Waals surface area contributed by atoms with E-state index >= 15 is 0 Å². The van der Waals surface area contributed by atoms with Crippen LogP contribution in [0.4, 0.5) is 0 Å². The number of esters is 4. The normalized spacial score (nSPS) is 14.7. The largest absolute Gasteiger partial charge is 0.472 e. The number of hydrogen-bond donors (Lipinski definition) is 3. The Bertz CT molecular complexity index is 1720. The van der Waals surface area contributed by atoms with Gasteiger partial charge >= 0.3 is 39.5 Å². The molecule has 0 aliphatic rings. The van der Waals surface area contributed by atoms with Gasteiger partial charge in [-0.2, -0.15) is 0 Å². The van der Waals surface area contributed by atoms with Gasteiger partial charge in [-0.1, -0.05) is 274 Å². The number of unbranched alkanes of at least 4 members (excludes halogenated alkanes) is 29. The summed E-state index contributed by atoms with van der Waals surface area (Å²) in [6, 6.07) is 0. The molecule has 0 aromatic rings. The summed E-state index contributed by atoms with van der Waals surface area (Å²) in [7, 11) is -9.90. The van der Waals surface area contributed by atoms with Crippen LogP contribution in [0.3, 0.4) is 0 Å². The number of aliphatic hydroxyl groups excluding tert-OH is 1. The number of rotatable bonds is 64. The van der Waals surface area contributed by atoms with Crippen molar-refractivity contribution in [1.29, 1.82) is 0 Å². The Kier molecular flexibility index (Phi) is 55.7. The summed E-state index contributed by atoms with van der Waals surface area (Å²) < 4.78 is 68.1. The van der Waals surface area contributed by atoms with Crippen LogP contribution in [0.1, 0.15) is 325 Å². The highest BCUT2D eigenvalue weighted by Gasteiger charge is 2.30. The standard InChI is InChI=1S/C67H130O17P2/c1-9-60(8)46-38-30-21-17-18-24-34-42-50-67(72)84-63(54-78-65(70)48-40-32-26-25-29-37-45-59(6)7)56-82-86(75,76)80-52-61(68)51-79-85(73,74)81-55-62(83-66(71)49-41-33-23-16-12-14-20-28-36-44-58(4)5)53-77-64(69)47-39-31-22-15-11-10-13-19-27-35-43-57(2)3/h57-63,68H,9-56H2,1-8H3,(H,73,74)(H,75,76)/t60?,61-,62-,63-/m1/s1. The van der Waals surface area contributed by atoms with Crippen LogP contribution in [0.5, 0.6) is 0 Å². The molecule has 0 heterocycles. The van der Waals surface area contributed by atoms with E-state index in [4.69, 9.17) is 37.0 Å². The number of phosphoric ester groups is 2. The van der Waals surface area contributed by atoms with E-state index < -0.39 is 97.5 Å². The second kappa shape index (κ2) is 57.0. The maximum atomic E-state index is 13.0. The lowest BCUT2D eigenvalue weighted by Gasteiger charge is -2.21. The van der Waals surface area contributed by atoms with E-state index in [1.54, 1.807) is 0 Å². The smallest absolute Gasteiger partial charge is 0.462 e. The fourth-order valence-electron chi connectivity index (χ4n) is 9.93. The van der Waals surface area contributed by atoms with Crippen LogP contribution in [0.2, 0.25) is 0 Å². The molecule has 17 nitrogen and oxygen atoms in total. The van der Waals surface area contributed by atoms with Gasteiger partial charge in [-0.3, -0.25) is 37.3 Å². The van der Waals surface area contributed by atoms with E-state index in [9.17, 15) is 43.2 Å². The first-order chi connectivity index (χ1) is 41.1. The van der Waals surface area contributed by atoms with E-state index in [0.29, 0.717) is 31.6 Å². The van der Waals surface area contributed by atoms with Crippen LogP contribution >= 0.6 is 15.6 Å². The molecule has 0 amide bonds. The second-order valence-electron chi connectivity index (χ2n) is 25.9. The number of carbonyl (C=O) groups is 4. The minimum atomic E-state index is -4.95. The molecule has 6 atom stereocenters. The fourth-order valence-corrected chi connectivity index (χ4v) is 11.5. The lowest BCUT2D eigenvalue weighted by atomic mass is 9.99. The van der Waals surface area contributed by atoms with E-state index in [2.05, 4.69) is 55.4 Å². The van der Waals surface area contributed by atoms with E-state index in [1.165, 1.54) is 122 Å². The van der Waals surface area contributed by atoms with Crippen molar-refractivity contribution < 1.29 is 80.2 Å². The van der Waals surface area contributed by atoms with Crippen LogP contribution in [0.15, 0.2) is 0 Å². The summed E-state index contributed by atoms with van der Waals surface area (Å²) in [6.45, 7) is 14.0. The zero-order valence-electron chi connectivity index (χ0n) is 55.9. The van der Waals surface area contributed by atoms with E-state index in [0.717, 1.165) is 114 Å². The van der Waals surface area contributed by atoms with Crippen LogP contribution in [-0.4, -0.2) is 96.7 Å². The summed E-state index contributed by atoms with van der Waals surface area (Å²) in [5, 5.41) is 10.6. The number of aliphatic hydroxyl groups is 1. The van der Waals surface area contributed by atoms with E-state index in [-0.39, 0.29) is 25.7 Å². The molecule has 19 heteroatoms. The van der Waals surface area contributed by atoms with Crippen molar-refractivity contribution in [3.8, 4) is 0 Å². The first kappa shape index (κ1) is 84.1. The minimum Gasteiger partial charge on any atom is -0.462 e. The third-order valence-electron chi connectivity index (χ3n) is 15.7. The monoisotopic (exact) mass is 1270 g/mol. The molecule has 510 valence electrons. The van der Waals surface area contributed by atoms with Gasteiger partial charge in [0.25, 0.3) is 0 Å². The van der Waals surface area contributed by atoms with Gasteiger partial charge in [-0.05, 0) is 49.4 Å². The van der Waals surface area contributed by atoms with Gasteiger partial charge in [0.2, 0.25) is 0 Å². The lowest BCUT2D eigenvalue weighted by Crippen LogP contribution is -2.30. The summed E-state index contributed by atoms with van der Waals surface area (Å²) >= 11 is 0. The molecule has 3 unspecified atom stereocenters. The van der Waals surface area contributed by atoms with E-state index in [1.807, 2.05) is 0 Å². The molecule has 0 rings (SSSR count). The first-order valence-electron chi connectivity index (χ1n) is 34.7. The molecule has 0 aliphatic carbocycles. The maximum absolute atomic E-state index is 13.0. The van der Waals surface area contributed by atoms with Crippen molar-refractivity contribution in [1.82, 2.24) is 0 Å². The summed E-state index contributed by atoms with van der Waals surface area (Å²) in [5.41, 5.74) is 0. The van der Waals surface area contributed by atoms with Crippen LogP contribution in [-0.2, 0) is 65.4 Å². The molecule has 0 aliphatic heterocycles. The Balaban J connectivity index is 5.26. The van der Waals surface area contributed by atoms with Gasteiger partial charge in [0.05, 0.1) is 26.4 Å². The molecule has 86 heavy (non-hydrogen) atoms. The molecule has 0 spiro atoms. The van der Waals surface area contributed by atoms with Crippen molar-refractivity contribution in [2.24, 2.45) is 23.7 Å². The van der Waals surface area contributed by atoms with Crippen molar-refractivity contribution in [2.75, 3.05) is 39.6 Å². The SMILES string of the molecule is CCC(C)CCCCCCCCCCC(=O)O[C@H](COC(=O)CCCCCCCCC(C)C)COP(=O)(O)OC[C@H](O)COP(=O)(O)OC[C@@H](COC(=O)CCCCCCCCCCCCC(C)C)OC(=O)CCCCCCCCCCCC(C)C. The van der Waals surface area contributed by atoms with Crippen LogP contribution in [0.25, 0.3) is 0 Å². The summed E-state index contributed by atoms with van der Waals surface area (Å²) in [6.07, 6.45) is 37.7. The quantitative estimate of drug-likeness (QED) is 0.0222. The van der Waals surface area contributed by atoms with Crippen LogP contribution in [0, 0.1) is 23.7 Å². The highest BCUT2D eigenvalue weighted by Crippen LogP contribution is 2.45. The van der Waals surface area contributed by atoms with Crippen molar-refractivity contribution in [3.63, 3.8) is 0 Å². The molecular formula is C67H130O17P2. The average Bonchev–Trinajstić information content (AvgIpc) is 3.63. The summed E-state index contributed by atoms with van der Waals surface area (Å²) in [5.74, 6) is 0.807. The Hall–Kier alpha value is -1.94. The molecule has 0 aromatic carbocycles. The van der Waals surface area contributed by atoms with Gasteiger partial charge in [-0.25, -0.2) is 9.13 Å². The Labute approximate surface area is 524 Å². The molecule has 0 saturated heterocycles. The lowest BCUT2D eigenvalue weighted by molar-refractivity contribution is -0.161. The first-order valence-corrected chi connectivity index (χ1v) is 37.7. The zero-order chi connectivity index (χ0) is 63.9. The minimum absolute atomic E-state index is 0.103. The summed E-state index contributed by atoms with van der Waals surface area (Å²) in [4.78, 5) is 72.4. The average molecular weight is 1270 g/mol. The van der Waals surface area contributed by atoms with Crippen molar-refractivity contribution in [3.05, 3.63) is 0 Å². The maximum Gasteiger partial charge on any atom is 0.472 e. The van der Waals surface area contributed by atoms with Gasteiger partial charge in [0.1, 0.15) is 19.3 Å². The van der Waals surface area contributed by atoms with Crippen LogP contribution < -0.4 is 0 Å². The third-order valence-corrected chi connectivity index (χ3v) is 17.6. The Morgan fingerprint density at radius 3 is 0.826 bits per heavy atom. The fraction of sp³-hybridized carbons (Fsp3) is 0.940. The Morgan fingerprint density at radius 2 is 0.558 bits per heavy atom. The second-order valence-corrected chi connectivity index (χ2v) is 28.8. The predicted molar refractivity (Wildman–Crippen MR) is 344 cm³/mol. The number of carbonyl (C=O) groups excluding carboxylic acids is 4.